The van der Waals surface area contributed by atoms with Gasteiger partial charge in [0, 0.05) is 22.9 Å². The number of aromatic nitrogens is 1. The minimum atomic E-state index is -0.0559. The Morgan fingerprint density at radius 1 is 1.35 bits per heavy atom. The summed E-state index contributed by atoms with van der Waals surface area (Å²) in [5.74, 6) is 0.975. The first-order chi connectivity index (χ1) is 11.1. The number of anilines is 1. The molecule has 3 rings (SSSR count). The third-order valence-electron chi connectivity index (χ3n) is 4.40. The Kier molecular flexibility index (Phi) is 4.85. The van der Waals surface area contributed by atoms with Crippen LogP contribution in [-0.2, 0) is 9.53 Å². The van der Waals surface area contributed by atoms with Gasteiger partial charge in [-0.15, -0.1) is 0 Å². The Hall–Kier alpha value is -1.62. The van der Waals surface area contributed by atoms with Crippen LogP contribution in [0.5, 0.6) is 0 Å². The molecule has 1 aliphatic rings. The number of carbonyl (C=O) groups is 1. The zero-order valence-electron chi connectivity index (χ0n) is 13.5. The second-order valence-electron chi connectivity index (χ2n) is 5.97. The highest BCUT2D eigenvalue weighted by Crippen LogP contribution is 2.28. The van der Waals surface area contributed by atoms with Crippen LogP contribution in [0.3, 0.4) is 0 Å². The average molecular weight is 377 g/mol. The molecule has 0 spiro atoms. The van der Waals surface area contributed by atoms with Crippen molar-refractivity contribution in [3.05, 3.63) is 34.3 Å². The normalized spacial score (nSPS) is 15.9. The summed E-state index contributed by atoms with van der Waals surface area (Å²) in [6.07, 6.45) is 1.66. The molecule has 0 atom stereocenters. The Morgan fingerprint density at radius 2 is 2.09 bits per heavy atom. The second-order valence-corrected chi connectivity index (χ2v) is 6.89. The lowest BCUT2D eigenvalue weighted by Gasteiger charge is -2.32. The van der Waals surface area contributed by atoms with Crippen LogP contribution in [0.2, 0.25) is 0 Å². The summed E-state index contributed by atoms with van der Waals surface area (Å²) in [6, 6.07) is 8.31. The summed E-state index contributed by atoms with van der Waals surface area (Å²) in [7, 11) is 0. The number of ether oxygens (including phenoxy) is 1. The Morgan fingerprint density at radius 3 is 2.78 bits per heavy atom. The molecule has 0 amide bonds. The van der Waals surface area contributed by atoms with E-state index in [9.17, 15) is 4.79 Å². The molecule has 2 aromatic rings. The Balaban J connectivity index is 1.77. The van der Waals surface area contributed by atoms with Gasteiger partial charge in [0.1, 0.15) is 5.82 Å². The van der Waals surface area contributed by atoms with Gasteiger partial charge in [-0.3, -0.25) is 4.79 Å². The number of carbonyl (C=O) groups excluding carboxylic acids is 1. The maximum atomic E-state index is 11.8. The van der Waals surface area contributed by atoms with Crippen LogP contribution in [0.4, 0.5) is 5.82 Å². The zero-order chi connectivity index (χ0) is 16.4. The quantitative estimate of drug-likeness (QED) is 0.756. The minimum absolute atomic E-state index is 0.0312. The van der Waals surface area contributed by atoms with Gasteiger partial charge in [-0.05, 0) is 56.5 Å². The summed E-state index contributed by atoms with van der Waals surface area (Å²) in [5.41, 5.74) is 2.23. The molecule has 122 valence electrons. The maximum absolute atomic E-state index is 11.8. The predicted molar refractivity (Wildman–Crippen MR) is 95.8 cm³/mol. The number of esters is 1. The van der Waals surface area contributed by atoms with Crippen LogP contribution < -0.4 is 4.90 Å². The van der Waals surface area contributed by atoms with Gasteiger partial charge < -0.3 is 9.64 Å². The Bertz CT molecular complexity index is 724. The molecular weight excluding hydrogens is 356 g/mol. The Labute approximate surface area is 145 Å². The van der Waals surface area contributed by atoms with Crippen LogP contribution >= 0.6 is 15.9 Å². The lowest BCUT2D eigenvalue weighted by molar-refractivity contribution is -0.148. The molecule has 0 N–H and O–H groups in total. The number of fused-ring (bicyclic) bond motifs is 1. The van der Waals surface area contributed by atoms with Crippen molar-refractivity contribution >= 4 is 38.6 Å². The van der Waals surface area contributed by atoms with Gasteiger partial charge >= 0.3 is 5.97 Å². The number of nitrogens with zero attached hydrogens (tertiary/aromatic N) is 2. The van der Waals surface area contributed by atoms with Crippen molar-refractivity contribution in [2.45, 2.75) is 26.7 Å². The van der Waals surface area contributed by atoms with Crippen molar-refractivity contribution < 1.29 is 9.53 Å². The highest BCUT2D eigenvalue weighted by Gasteiger charge is 2.26. The van der Waals surface area contributed by atoms with E-state index in [1.165, 1.54) is 10.9 Å². The number of pyridine rings is 1. The SMILES string of the molecule is CCOC(=O)C1CCN(c2cc(C)c3cc(Br)ccc3n2)CC1. The number of benzene rings is 1. The molecule has 1 aromatic heterocycles. The van der Waals surface area contributed by atoms with E-state index >= 15 is 0 Å². The first kappa shape index (κ1) is 16.2. The summed E-state index contributed by atoms with van der Waals surface area (Å²) in [6.45, 7) is 6.12. The molecule has 5 heteroatoms. The zero-order valence-corrected chi connectivity index (χ0v) is 15.1. The monoisotopic (exact) mass is 376 g/mol. The molecule has 23 heavy (non-hydrogen) atoms. The van der Waals surface area contributed by atoms with Gasteiger partial charge in [0.25, 0.3) is 0 Å². The lowest BCUT2D eigenvalue weighted by atomic mass is 9.97. The number of hydrogen-bond donors (Lipinski definition) is 0. The molecule has 1 aromatic carbocycles. The van der Waals surface area contributed by atoms with E-state index in [1.54, 1.807) is 0 Å². The first-order valence-electron chi connectivity index (χ1n) is 8.07. The van der Waals surface area contributed by atoms with Gasteiger partial charge in [0.05, 0.1) is 18.0 Å². The minimum Gasteiger partial charge on any atom is -0.466 e. The molecule has 0 unspecified atom stereocenters. The number of halogens is 1. The third-order valence-corrected chi connectivity index (χ3v) is 4.90. The largest absolute Gasteiger partial charge is 0.466 e. The predicted octanol–water partition coefficient (Wildman–Crippen LogP) is 4.09. The molecule has 0 saturated carbocycles. The molecule has 2 heterocycles. The van der Waals surface area contributed by atoms with Crippen LogP contribution in [0.15, 0.2) is 28.7 Å². The molecule has 1 aliphatic heterocycles. The fourth-order valence-corrected chi connectivity index (χ4v) is 3.48. The van der Waals surface area contributed by atoms with Gasteiger partial charge in [-0.25, -0.2) is 4.98 Å². The fourth-order valence-electron chi connectivity index (χ4n) is 3.12. The molecule has 0 aliphatic carbocycles. The molecule has 1 saturated heterocycles. The van der Waals surface area contributed by atoms with Crippen molar-refractivity contribution in [2.75, 3.05) is 24.6 Å². The van der Waals surface area contributed by atoms with Gasteiger partial charge in [-0.2, -0.15) is 0 Å². The van der Waals surface area contributed by atoms with Crippen molar-refractivity contribution in [1.29, 1.82) is 0 Å². The third kappa shape index (κ3) is 3.50. The van der Waals surface area contributed by atoms with Gasteiger partial charge in [-0.1, -0.05) is 15.9 Å². The average Bonchev–Trinajstić information content (AvgIpc) is 2.56. The van der Waals surface area contributed by atoms with E-state index in [0.717, 1.165) is 41.7 Å². The number of hydrogen-bond acceptors (Lipinski definition) is 4. The molecule has 4 nitrogen and oxygen atoms in total. The molecular formula is C18H21BrN2O2. The molecule has 0 bridgehead atoms. The first-order valence-corrected chi connectivity index (χ1v) is 8.86. The van der Waals surface area contributed by atoms with Crippen molar-refractivity contribution in [2.24, 2.45) is 5.92 Å². The van der Waals surface area contributed by atoms with Gasteiger partial charge in [0.15, 0.2) is 0 Å². The van der Waals surface area contributed by atoms with Crippen LogP contribution in [-0.4, -0.2) is 30.6 Å². The highest BCUT2D eigenvalue weighted by atomic mass is 79.9. The second kappa shape index (κ2) is 6.87. The maximum Gasteiger partial charge on any atom is 0.309 e. The van der Waals surface area contributed by atoms with E-state index in [-0.39, 0.29) is 11.9 Å². The summed E-state index contributed by atoms with van der Waals surface area (Å²) < 4.78 is 6.20. The number of rotatable bonds is 3. The van der Waals surface area contributed by atoms with Gasteiger partial charge in [0.2, 0.25) is 0 Å². The van der Waals surface area contributed by atoms with Crippen molar-refractivity contribution in [3.63, 3.8) is 0 Å². The van der Waals surface area contributed by atoms with E-state index in [1.807, 2.05) is 19.1 Å². The smallest absolute Gasteiger partial charge is 0.309 e. The topological polar surface area (TPSA) is 42.4 Å². The fraction of sp³-hybridized carbons (Fsp3) is 0.444. The van der Waals surface area contributed by atoms with E-state index < -0.39 is 0 Å². The standard InChI is InChI=1S/C18H21BrN2O2/c1-3-23-18(22)13-6-8-21(9-7-13)17-10-12(2)15-11-14(19)4-5-16(15)20-17/h4-5,10-11,13H,3,6-9H2,1-2H3. The van der Waals surface area contributed by atoms with Crippen LogP contribution in [0.1, 0.15) is 25.3 Å². The summed E-state index contributed by atoms with van der Waals surface area (Å²) >= 11 is 3.51. The highest BCUT2D eigenvalue weighted by molar-refractivity contribution is 9.10. The lowest BCUT2D eigenvalue weighted by Crippen LogP contribution is -2.37. The van der Waals surface area contributed by atoms with Crippen LogP contribution in [0.25, 0.3) is 10.9 Å². The molecule has 0 radical (unpaired) electrons. The van der Waals surface area contributed by atoms with Crippen molar-refractivity contribution in [3.8, 4) is 0 Å². The number of aryl methyl sites for hydroxylation is 1. The van der Waals surface area contributed by atoms with E-state index in [2.05, 4.69) is 39.9 Å². The summed E-state index contributed by atoms with van der Waals surface area (Å²) in [5, 5.41) is 1.17. The van der Waals surface area contributed by atoms with Crippen LogP contribution in [0, 0.1) is 12.8 Å². The van der Waals surface area contributed by atoms with E-state index in [4.69, 9.17) is 9.72 Å². The summed E-state index contributed by atoms with van der Waals surface area (Å²) in [4.78, 5) is 18.9. The number of piperidine rings is 1. The van der Waals surface area contributed by atoms with Crippen molar-refractivity contribution in [1.82, 2.24) is 4.98 Å². The molecule has 1 fully saturated rings. The van der Waals surface area contributed by atoms with E-state index in [0.29, 0.717) is 6.61 Å².